The second-order valence-electron chi connectivity index (χ2n) is 9.79. The average molecular weight is 560 g/mol. The molecule has 1 aliphatic heterocycles. The molecule has 206 valence electrons. The zero-order chi connectivity index (χ0) is 28.3. The Morgan fingerprint density at radius 2 is 1.88 bits per heavy atom. The summed E-state index contributed by atoms with van der Waals surface area (Å²) in [7, 11) is -1.66. The standard InChI is InChI=1S/C28H29N7O4S/c1-35-11-4-3-6-24(28(35)37)34-26-8-5-7-22(33-26)23-10-9-18-15-30-20(13-25(18)32-23)16-31-27(36)19-12-21(17-29-14-19)40(2,38)39/h5,7-10,12-15,17,24H,3-4,6,11,16H2,1-2H3,(H,31,36)(H,33,34)/t24-/m1/s1. The first-order valence-corrected chi connectivity index (χ1v) is 14.7. The number of likely N-dealkylation sites (N-methyl/N-ethyl adjacent to an activating group) is 1. The Balaban J connectivity index is 1.31. The summed E-state index contributed by atoms with van der Waals surface area (Å²) >= 11 is 0. The van der Waals surface area contributed by atoms with Crippen LogP contribution in [0.5, 0.6) is 0 Å². The van der Waals surface area contributed by atoms with Crippen LogP contribution in [-0.2, 0) is 21.2 Å². The molecule has 0 aliphatic carbocycles. The number of rotatable bonds is 7. The van der Waals surface area contributed by atoms with Gasteiger partial charge in [-0.1, -0.05) is 6.07 Å². The molecule has 2 N–H and O–H groups in total. The smallest absolute Gasteiger partial charge is 0.253 e. The molecule has 0 saturated carbocycles. The quantitative estimate of drug-likeness (QED) is 0.349. The van der Waals surface area contributed by atoms with E-state index < -0.39 is 15.7 Å². The van der Waals surface area contributed by atoms with Gasteiger partial charge in [-0.3, -0.25) is 19.6 Å². The number of aromatic nitrogens is 4. The minimum atomic E-state index is -3.48. The van der Waals surface area contributed by atoms with Crippen LogP contribution in [0.15, 0.2) is 66.0 Å². The molecule has 0 bridgehead atoms. The molecule has 0 aromatic carbocycles. The van der Waals surface area contributed by atoms with E-state index in [4.69, 9.17) is 9.97 Å². The van der Waals surface area contributed by atoms with Crippen molar-refractivity contribution in [1.29, 1.82) is 0 Å². The molecule has 0 unspecified atom stereocenters. The lowest BCUT2D eigenvalue weighted by Crippen LogP contribution is -2.39. The molecular formula is C28H29N7O4S. The highest BCUT2D eigenvalue weighted by Crippen LogP contribution is 2.22. The molecular weight excluding hydrogens is 530 g/mol. The fourth-order valence-corrected chi connectivity index (χ4v) is 5.08. The van der Waals surface area contributed by atoms with E-state index in [-0.39, 0.29) is 29.0 Å². The van der Waals surface area contributed by atoms with Gasteiger partial charge in [-0.2, -0.15) is 0 Å². The molecule has 4 aromatic heterocycles. The Labute approximate surface area is 232 Å². The van der Waals surface area contributed by atoms with Crippen molar-refractivity contribution in [2.45, 2.75) is 36.7 Å². The third-order valence-electron chi connectivity index (χ3n) is 6.71. The van der Waals surface area contributed by atoms with Gasteiger partial charge >= 0.3 is 0 Å². The molecule has 1 aliphatic rings. The van der Waals surface area contributed by atoms with Crippen molar-refractivity contribution in [3.05, 3.63) is 72.3 Å². The molecule has 11 nitrogen and oxygen atoms in total. The van der Waals surface area contributed by atoms with Gasteiger partial charge in [0.25, 0.3) is 5.91 Å². The van der Waals surface area contributed by atoms with Crippen molar-refractivity contribution in [3.63, 3.8) is 0 Å². The van der Waals surface area contributed by atoms with Crippen molar-refractivity contribution in [2.75, 3.05) is 25.2 Å². The van der Waals surface area contributed by atoms with Gasteiger partial charge in [0.2, 0.25) is 5.91 Å². The van der Waals surface area contributed by atoms with Crippen LogP contribution in [0.2, 0.25) is 0 Å². The molecule has 5 heterocycles. The fourth-order valence-electron chi connectivity index (χ4n) is 4.48. The predicted octanol–water partition coefficient (Wildman–Crippen LogP) is 2.84. The summed E-state index contributed by atoms with van der Waals surface area (Å²) < 4.78 is 23.6. The average Bonchev–Trinajstić information content (AvgIpc) is 3.11. The summed E-state index contributed by atoms with van der Waals surface area (Å²) in [5, 5.41) is 6.86. The number of carbonyl (C=O) groups is 2. The van der Waals surface area contributed by atoms with Crippen LogP contribution < -0.4 is 10.6 Å². The molecule has 4 aromatic rings. The lowest BCUT2D eigenvalue weighted by atomic mass is 10.1. The van der Waals surface area contributed by atoms with Gasteiger partial charge in [-0.25, -0.2) is 18.4 Å². The highest BCUT2D eigenvalue weighted by atomic mass is 32.2. The van der Waals surface area contributed by atoms with E-state index in [0.29, 0.717) is 28.4 Å². The summed E-state index contributed by atoms with van der Waals surface area (Å²) in [6.07, 6.45) is 7.98. The van der Waals surface area contributed by atoms with E-state index in [1.54, 1.807) is 17.2 Å². The van der Waals surface area contributed by atoms with Gasteiger partial charge in [0.15, 0.2) is 9.84 Å². The van der Waals surface area contributed by atoms with Gasteiger partial charge in [0.1, 0.15) is 11.9 Å². The number of anilines is 1. The maximum atomic E-state index is 12.7. The fraction of sp³-hybridized carbons (Fsp3) is 0.286. The lowest BCUT2D eigenvalue weighted by molar-refractivity contribution is -0.130. The van der Waals surface area contributed by atoms with Crippen LogP contribution in [0, 0.1) is 0 Å². The Morgan fingerprint density at radius 3 is 2.70 bits per heavy atom. The number of pyridine rings is 4. The van der Waals surface area contributed by atoms with Crippen LogP contribution in [0.1, 0.15) is 35.3 Å². The Kier molecular flexibility index (Phi) is 7.69. The van der Waals surface area contributed by atoms with Gasteiger partial charge in [-0.15, -0.1) is 0 Å². The number of nitrogens with one attached hydrogen (secondary N) is 2. The Morgan fingerprint density at radius 1 is 1.05 bits per heavy atom. The van der Waals surface area contributed by atoms with Gasteiger partial charge in [0, 0.05) is 43.8 Å². The SMILES string of the molecule is CN1CCCC[C@@H](Nc2cccc(-c3ccc4cnc(CNC(=O)c5cncc(S(C)(=O)=O)c5)cc4n3)n2)C1=O. The van der Waals surface area contributed by atoms with Gasteiger partial charge in [-0.05, 0) is 55.7 Å². The number of carbonyl (C=O) groups excluding carboxylic acids is 2. The first-order valence-electron chi connectivity index (χ1n) is 12.9. The number of hydrogen-bond acceptors (Lipinski definition) is 9. The van der Waals surface area contributed by atoms with E-state index in [2.05, 4.69) is 20.6 Å². The summed E-state index contributed by atoms with van der Waals surface area (Å²) in [6, 6.07) is 12.1. The molecule has 1 atom stereocenters. The van der Waals surface area contributed by atoms with Crippen LogP contribution in [0.4, 0.5) is 5.82 Å². The third-order valence-corrected chi connectivity index (χ3v) is 7.79. The number of sulfone groups is 1. The highest BCUT2D eigenvalue weighted by molar-refractivity contribution is 7.90. The van der Waals surface area contributed by atoms with E-state index in [9.17, 15) is 18.0 Å². The molecule has 2 amide bonds. The molecule has 0 spiro atoms. The van der Waals surface area contributed by atoms with Crippen LogP contribution in [0.3, 0.4) is 0 Å². The van der Waals surface area contributed by atoms with E-state index in [0.717, 1.165) is 37.4 Å². The van der Waals surface area contributed by atoms with Crippen molar-refractivity contribution in [3.8, 4) is 11.4 Å². The van der Waals surface area contributed by atoms with E-state index in [1.807, 2.05) is 37.4 Å². The summed E-state index contributed by atoms with van der Waals surface area (Å²) in [5.41, 5.74) is 2.72. The first-order chi connectivity index (χ1) is 19.2. The summed E-state index contributed by atoms with van der Waals surface area (Å²) in [4.78, 5) is 44.8. The number of likely N-dealkylation sites (tertiary alicyclic amines) is 1. The number of fused-ring (bicyclic) bond motifs is 1. The highest BCUT2D eigenvalue weighted by Gasteiger charge is 2.24. The number of amides is 2. The zero-order valence-corrected chi connectivity index (χ0v) is 23.0. The largest absolute Gasteiger partial charge is 0.358 e. The van der Waals surface area contributed by atoms with E-state index in [1.165, 1.54) is 18.5 Å². The maximum absolute atomic E-state index is 12.7. The summed E-state index contributed by atoms with van der Waals surface area (Å²) in [5.74, 6) is 0.217. The first kappa shape index (κ1) is 27.1. The summed E-state index contributed by atoms with van der Waals surface area (Å²) in [6.45, 7) is 0.880. The second-order valence-corrected chi connectivity index (χ2v) is 11.8. The topological polar surface area (TPSA) is 147 Å². The van der Waals surface area contributed by atoms with Crippen molar-refractivity contribution in [2.24, 2.45) is 0 Å². The molecule has 0 radical (unpaired) electrons. The van der Waals surface area contributed by atoms with Crippen molar-refractivity contribution < 1.29 is 18.0 Å². The number of hydrogen-bond donors (Lipinski definition) is 2. The molecule has 5 rings (SSSR count). The lowest BCUT2D eigenvalue weighted by Gasteiger charge is -2.21. The minimum Gasteiger partial charge on any atom is -0.358 e. The van der Waals surface area contributed by atoms with Gasteiger partial charge < -0.3 is 15.5 Å². The van der Waals surface area contributed by atoms with Crippen LogP contribution in [0.25, 0.3) is 22.3 Å². The minimum absolute atomic E-state index is 0.0261. The maximum Gasteiger partial charge on any atom is 0.253 e. The zero-order valence-electron chi connectivity index (χ0n) is 22.2. The molecule has 1 fully saturated rings. The molecule has 1 saturated heterocycles. The van der Waals surface area contributed by atoms with Crippen LogP contribution >= 0.6 is 0 Å². The monoisotopic (exact) mass is 559 g/mol. The second kappa shape index (κ2) is 11.3. The Bertz CT molecular complexity index is 1690. The Hall–Kier alpha value is -4.45. The van der Waals surface area contributed by atoms with Gasteiger partial charge in [0.05, 0.1) is 39.6 Å². The van der Waals surface area contributed by atoms with Crippen molar-refractivity contribution >= 4 is 38.4 Å². The van der Waals surface area contributed by atoms with Crippen molar-refractivity contribution in [1.82, 2.24) is 30.2 Å². The molecule has 40 heavy (non-hydrogen) atoms. The van der Waals surface area contributed by atoms with Crippen LogP contribution in [-0.4, -0.2) is 71.0 Å². The normalized spacial score (nSPS) is 16.0. The number of nitrogens with zero attached hydrogens (tertiary/aromatic N) is 5. The van der Waals surface area contributed by atoms with E-state index >= 15 is 0 Å². The predicted molar refractivity (Wildman–Crippen MR) is 150 cm³/mol. The third kappa shape index (κ3) is 6.23. The molecule has 12 heteroatoms.